The van der Waals surface area contributed by atoms with Gasteiger partial charge in [0.25, 0.3) is 5.91 Å². The average molecular weight is 618 g/mol. The smallest absolute Gasteiger partial charge is 0.424 e. The maximum Gasteiger partial charge on any atom is 0.424 e. The van der Waals surface area contributed by atoms with E-state index >= 15 is 4.39 Å². The van der Waals surface area contributed by atoms with Crippen LogP contribution in [0.3, 0.4) is 0 Å². The summed E-state index contributed by atoms with van der Waals surface area (Å²) < 4.78 is 78.7. The standard InChI is InChI=1S/C30H28F5N5O4/c1-15-10-18-11-19(12-22(44-5)25(18)40-39-15)27(42)36-14-29(43,30(33,34)35)23-13-21(28(3,4)38-16(2)41)24(32)26(37-23)17-6-8-20(31)9-7-17/h6-13,43H,14H2,1-5H3,(H,36,42)(H,38,41)/t29-/m1/s1. The molecule has 0 aliphatic heterocycles. The Labute approximate surface area is 248 Å². The molecule has 1 atom stereocenters. The van der Waals surface area contributed by atoms with E-state index in [4.69, 9.17) is 4.74 Å². The van der Waals surface area contributed by atoms with Crippen LogP contribution in [0, 0.1) is 18.6 Å². The van der Waals surface area contributed by atoms with Crippen LogP contribution < -0.4 is 15.4 Å². The van der Waals surface area contributed by atoms with E-state index in [1.165, 1.54) is 33.1 Å². The number of nitrogens with one attached hydrogen (secondary N) is 2. The molecule has 0 fully saturated rings. The van der Waals surface area contributed by atoms with Gasteiger partial charge in [0.2, 0.25) is 11.5 Å². The molecule has 14 heteroatoms. The number of hydrogen-bond donors (Lipinski definition) is 3. The zero-order valence-corrected chi connectivity index (χ0v) is 24.2. The molecule has 0 saturated carbocycles. The number of aryl methyl sites for hydroxylation is 1. The molecule has 2 aromatic carbocycles. The van der Waals surface area contributed by atoms with Crippen LogP contribution in [0.1, 0.15) is 48.1 Å². The van der Waals surface area contributed by atoms with Crippen molar-refractivity contribution >= 4 is 22.7 Å². The Kier molecular flexibility index (Phi) is 8.60. The first-order chi connectivity index (χ1) is 20.5. The third-order valence-electron chi connectivity index (χ3n) is 6.89. The molecule has 0 bridgehead atoms. The number of carbonyl (C=O) groups excluding carboxylic acids is 2. The van der Waals surface area contributed by atoms with E-state index in [0.717, 1.165) is 31.2 Å². The first-order valence-corrected chi connectivity index (χ1v) is 13.1. The summed E-state index contributed by atoms with van der Waals surface area (Å²) in [5.41, 5.74) is -6.93. The summed E-state index contributed by atoms with van der Waals surface area (Å²) in [5, 5.41) is 24.1. The lowest BCUT2D eigenvalue weighted by Gasteiger charge is -2.33. The van der Waals surface area contributed by atoms with Crippen LogP contribution in [0.2, 0.25) is 0 Å². The normalized spacial score (nSPS) is 13.3. The third-order valence-corrected chi connectivity index (χ3v) is 6.89. The molecule has 9 nitrogen and oxygen atoms in total. The summed E-state index contributed by atoms with van der Waals surface area (Å²) in [5.74, 6) is -3.26. The quantitative estimate of drug-likeness (QED) is 0.242. The number of methoxy groups -OCH3 is 1. The number of benzene rings is 2. The molecule has 0 saturated heterocycles. The second kappa shape index (κ2) is 11.8. The van der Waals surface area contributed by atoms with Gasteiger partial charge in [-0.1, -0.05) is 0 Å². The zero-order chi connectivity index (χ0) is 32.6. The van der Waals surface area contributed by atoms with Crippen LogP contribution >= 0.6 is 0 Å². The van der Waals surface area contributed by atoms with E-state index in [-0.39, 0.29) is 16.9 Å². The first kappa shape index (κ1) is 32.2. The molecule has 0 unspecified atom stereocenters. The van der Waals surface area contributed by atoms with Crippen LogP contribution in [-0.2, 0) is 15.9 Å². The molecule has 0 spiro atoms. The number of aromatic nitrogens is 3. The van der Waals surface area contributed by atoms with Gasteiger partial charge in [0.15, 0.2) is 5.82 Å². The van der Waals surface area contributed by atoms with Gasteiger partial charge in [-0.15, -0.1) is 5.10 Å². The monoisotopic (exact) mass is 617 g/mol. The maximum atomic E-state index is 15.9. The Hall–Kier alpha value is -4.72. The molecule has 4 rings (SSSR count). The lowest BCUT2D eigenvalue weighted by molar-refractivity contribution is -0.265. The van der Waals surface area contributed by atoms with E-state index in [0.29, 0.717) is 22.7 Å². The highest BCUT2D eigenvalue weighted by Gasteiger charge is 2.57. The Morgan fingerprint density at radius 2 is 1.66 bits per heavy atom. The van der Waals surface area contributed by atoms with E-state index in [9.17, 15) is 32.3 Å². The van der Waals surface area contributed by atoms with Crippen LogP contribution in [-0.4, -0.2) is 51.9 Å². The Balaban J connectivity index is 1.82. The minimum atomic E-state index is -5.44. The fourth-order valence-electron chi connectivity index (χ4n) is 4.66. The van der Waals surface area contributed by atoms with Crippen molar-refractivity contribution < 1.29 is 41.4 Å². The Morgan fingerprint density at radius 1 is 1.00 bits per heavy atom. The van der Waals surface area contributed by atoms with E-state index in [1.54, 1.807) is 13.0 Å². The van der Waals surface area contributed by atoms with Crippen molar-refractivity contribution in [1.82, 2.24) is 25.8 Å². The highest BCUT2D eigenvalue weighted by atomic mass is 19.4. The molecule has 232 valence electrons. The van der Waals surface area contributed by atoms with E-state index in [1.807, 2.05) is 0 Å². The van der Waals surface area contributed by atoms with Gasteiger partial charge in [0, 0.05) is 29.0 Å². The maximum absolute atomic E-state index is 15.9. The summed E-state index contributed by atoms with van der Waals surface area (Å²) in [6.07, 6.45) is -5.44. The van der Waals surface area contributed by atoms with Gasteiger partial charge >= 0.3 is 6.18 Å². The van der Waals surface area contributed by atoms with Crippen molar-refractivity contribution in [1.29, 1.82) is 0 Å². The second-order valence-electron chi connectivity index (χ2n) is 10.7. The van der Waals surface area contributed by atoms with Crippen molar-refractivity contribution in [3.05, 3.63) is 82.7 Å². The number of nitrogens with zero attached hydrogens (tertiary/aromatic N) is 3. The summed E-state index contributed by atoms with van der Waals surface area (Å²) in [6.45, 7) is 4.06. The van der Waals surface area contributed by atoms with E-state index < -0.39 is 64.3 Å². The van der Waals surface area contributed by atoms with Crippen LogP contribution in [0.4, 0.5) is 22.0 Å². The van der Waals surface area contributed by atoms with Gasteiger partial charge in [0.1, 0.15) is 22.8 Å². The largest absolute Gasteiger partial charge is 0.494 e. The van der Waals surface area contributed by atoms with Gasteiger partial charge < -0.3 is 20.5 Å². The molecule has 0 aliphatic carbocycles. The number of aliphatic hydroxyl groups is 1. The Bertz CT molecular complexity index is 1750. The summed E-state index contributed by atoms with van der Waals surface area (Å²) in [6, 6.07) is 9.04. The number of alkyl halides is 3. The minimum absolute atomic E-state index is 0.0964. The number of rotatable bonds is 8. The number of fused-ring (bicyclic) bond motifs is 1. The van der Waals surface area contributed by atoms with Crippen LogP contribution in [0.25, 0.3) is 22.2 Å². The fourth-order valence-corrected chi connectivity index (χ4v) is 4.66. The SMILES string of the molecule is COc1cc(C(=O)NC[C@@](O)(c2cc(C(C)(C)NC(C)=O)c(F)c(-c3ccc(F)cc3)n2)C(F)(F)F)cc2cc(C)nnc12. The molecular formula is C30H28F5N5O4. The number of ether oxygens (including phenoxy) is 1. The van der Waals surface area contributed by atoms with Gasteiger partial charge in [-0.05, 0) is 69.3 Å². The third kappa shape index (κ3) is 6.30. The number of carbonyl (C=O) groups is 2. The molecular weight excluding hydrogens is 589 g/mol. The lowest BCUT2D eigenvalue weighted by Crippen LogP contribution is -2.52. The van der Waals surface area contributed by atoms with Gasteiger partial charge in [-0.2, -0.15) is 18.3 Å². The molecule has 2 heterocycles. The zero-order valence-electron chi connectivity index (χ0n) is 24.2. The average Bonchev–Trinajstić information content (AvgIpc) is 2.94. The van der Waals surface area contributed by atoms with Crippen LogP contribution in [0.5, 0.6) is 5.75 Å². The van der Waals surface area contributed by atoms with Crippen molar-refractivity contribution in [3.63, 3.8) is 0 Å². The fraction of sp³-hybridized carbons (Fsp3) is 0.300. The van der Waals surface area contributed by atoms with Crippen molar-refractivity contribution in [2.75, 3.05) is 13.7 Å². The molecule has 2 amide bonds. The van der Waals surface area contributed by atoms with Gasteiger partial charge in [-0.3, -0.25) is 9.59 Å². The highest BCUT2D eigenvalue weighted by molar-refractivity contribution is 5.99. The minimum Gasteiger partial charge on any atom is -0.494 e. The molecule has 0 aliphatic rings. The predicted octanol–water partition coefficient (Wildman–Crippen LogP) is 4.84. The number of halogens is 5. The summed E-state index contributed by atoms with van der Waals surface area (Å²) in [4.78, 5) is 28.8. The van der Waals surface area contributed by atoms with E-state index in [2.05, 4.69) is 25.8 Å². The summed E-state index contributed by atoms with van der Waals surface area (Å²) in [7, 11) is 1.32. The number of hydrogen-bond acceptors (Lipinski definition) is 7. The molecule has 4 aromatic rings. The van der Waals surface area contributed by atoms with Crippen LogP contribution in [0.15, 0.2) is 48.5 Å². The molecule has 44 heavy (non-hydrogen) atoms. The Morgan fingerprint density at radius 3 is 2.25 bits per heavy atom. The molecule has 3 N–H and O–H groups in total. The van der Waals surface area contributed by atoms with Crippen molar-refractivity contribution in [2.24, 2.45) is 0 Å². The topological polar surface area (TPSA) is 126 Å². The predicted molar refractivity (Wildman–Crippen MR) is 150 cm³/mol. The van der Waals surface area contributed by atoms with Crippen molar-refractivity contribution in [3.8, 4) is 17.0 Å². The molecule has 0 radical (unpaired) electrons. The van der Waals surface area contributed by atoms with Gasteiger partial charge in [0.05, 0.1) is 30.6 Å². The lowest BCUT2D eigenvalue weighted by atomic mass is 9.88. The number of amides is 2. The first-order valence-electron chi connectivity index (χ1n) is 13.1. The van der Waals surface area contributed by atoms with Crippen molar-refractivity contribution in [2.45, 2.75) is 45.0 Å². The summed E-state index contributed by atoms with van der Waals surface area (Å²) >= 11 is 0. The second-order valence-corrected chi connectivity index (χ2v) is 10.7. The van der Waals surface area contributed by atoms with Gasteiger partial charge in [-0.25, -0.2) is 13.8 Å². The highest BCUT2D eigenvalue weighted by Crippen LogP contribution is 2.41. The number of pyridine rings is 1. The molecule has 2 aromatic heterocycles.